The van der Waals surface area contributed by atoms with Crippen LogP contribution in [-0.2, 0) is 4.79 Å². The lowest BCUT2D eigenvalue weighted by Crippen LogP contribution is -2.26. The van der Waals surface area contributed by atoms with Gasteiger partial charge in [0.2, 0.25) is 24.0 Å². The van der Waals surface area contributed by atoms with Crippen LogP contribution in [0.2, 0.25) is 0 Å². The number of ether oxygens (including phenoxy) is 2. The van der Waals surface area contributed by atoms with E-state index in [9.17, 15) is 9.59 Å². The molecular weight excluding hydrogens is 370 g/mol. The van der Waals surface area contributed by atoms with E-state index in [4.69, 9.17) is 13.9 Å². The summed E-state index contributed by atoms with van der Waals surface area (Å²) < 4.78 is 16.8. The van der Waals surface area contributed by atoms with Gasteiger partial charge in [-0.3, -0.25) is 14.9 Å². The van der Waals surface area contributed by atoms with Crippen molar-refractivity contribution in [3.05, 3.63) is 52.7 Å². The predicted molar refractivity (Wildman–Crippen MR) is 109 cm³/mol. The van der Waals surface area contributed by atoms with E-state index in [1.165, 1.54) is 0 Å². The minimum atomic E-state index is -0.190. The van der Waals surface area contributed by atoms with Crippen LogP contribution in [-0.4, -0.2) is 12.7 Å². The van der Waals surface area contributed by atoms with Crippen molar-refractivity contribution in [2.24, 2.45) is 5.92 Å². The Balaban J connectivity index is 1.62. The van der Waals surface area contributed by atoms with E-state index in [2.05, 4.69) is 5.32 Å². The Morgan fingerprint density at radius 1 is 0.966 bits per heavy atom. The molecule has 1 saturated carbocycles. The van der Waals surface area contributed by atoms with Gasteiger partial charge in [0.25, 0.3) is 0 Å². The highest BCUT2D eigenvalue weighted by molar-refractivity contribution is 5.97. The van der Waals surface area contributed by atoms with Crippen molar-refractivity contribution in [2.45, 2.75) is 32.1 Å². The zero-order chi connectivity index (χ0) is 19.8. The van der Waals surface area contributed by atoms with Gasteiger partial charge in [-0.2, -0.15) is 0 Å². The van der Waals surface area contributed by atoms with Crippen LogP contribution in [0.15, 0.2) is 51.7 Å². The molecule has 2 aromatic carbocycles. The smallest absolute Gasteiger partial charge is 0.231 e. The van der Waals surface area contributed by atoms with E-state index in [1.54, 1.807) is 42.5 Å². The molecule has 6 nitrogen and oxygen atoms in total. The molecule has 0 bridgehead atoms. The lowest BCUT2D eigenvalue weighted by Gasteiger charge is -2.21. The molecule has 2 heterocycles. The number of benzene rings is 2. The van der Waals surface area contributed by atoms with Crippen molar-refractivity contribution in [3.63, 3.8) is 0 Å². The number of nitrogens with one attached hydrogen (secondary N) is 1. The number of amides is 1. The van der Waals surface area contributed by atoms with Crippen molar-refractivity contribution >= 4 is 22.8 Å². The van der Waals surface area contributed by atoms with Gasteiger partial charge in [-0.05, 0) is 42.7 Å². The van der Waals surface area contributed by atoms with Crippen molar-refractivity contribution in [1.29, 1.82) is 0 Å². The summed E-state index contributed by atoms with van der Waals surface area (Å²) in [5.41, 5.74) is 1.20. The summed E-state index contributed by atoms with van der Waals surface area (Å²) in [7, 11) is 0. The molecule has 29 heavy (non-hydrogen) atoms. The van der Waals surface area contributed by atoms with Crippen molar-refractivity contribution in [1.82, 2.24) is 0 Å². The number of hydrogen-bond acceptors (Lipinski definition) is 5. The average Bonchev–Trinajstić information content (AvgIpc) is 3.22. The Morgan fingerprint density at radius 3 is 2.62 bits per heavy atom. The Morgan fingerprint density at radius 2 is 1.76 bits per heavy atom. The number of para-hydroxylation sites is 1. The second-order valence-electron chi connectivity index (χ2n) is 7.52. The van der Waals surface area contributed by atoms with E-state index in [1.807, 2.05) is 0 Å². The molecule has 0 radical (unpaired) electrons. The molecular formula is C23H21NO5. The molecule has 1 aromatic heterocycles. The number of carbonyl (C=O) groups excluding carboxylic acids is 1. The van der Waals surface area contributed by atoms with Gasteiger partial charge in [0, 0.05) is 5.92 Å². The molecule has 1 aliphatic heterocycles. The molecule has 5 rings (SSSR count). The summed E-state index contributed by atoms with van der Waals surface area (Å²) in [4.78, 5) is 26.2. The Labute approximate surface area is 167 Å². The quantitative estimate of drug-likeness (QED) is 0.700. The van der Waals surface area contributed by atoms with Gasteiger partial charge in [0.15, 0.2) is 11.5 Å². The van der Waals surface area contributed by atoms with E-state index in [0.717, 1.165) is 32.1 Å². The van der Waals surface area contributed by atoms with E-state index in [0.29, 0.717) is 33.6 Å². The maximum Gasteiger partial charge on any atom is 0.231 e. The largest absolute Gasteiger partial charge is 0.454 e. The molecule has 3 aromatic rings. The third-order valence-corrected chi connectivity index (χ3v) is 5.67. The minimum absolute atomic E-state index is 0.0508. The Kier molecular flexibility index (Phi) is 4.46. The van der Waals surface area contributed by atoms with Crippen LogP contribution >= 0.6 is 0 Å². The Bertz CT molecular complexity index is 1140. The predicted octanol–water partition coefficient (Wildman–Crippen LogP) is 4.71. The maximum atomic E-state index is 13.3. The first-order chi connectivity index (χ1) is 14.2. The zero-order valence-corrected chi connectivity index (χ0v) is 15.9. The van der Waals surface area contributed by atoms with Crippen molar-refractivity contribution in [3.8, 4) is 22.6 Å². The third-order valence-electron chi connectivity index (χ3n) is 5.67. The van der Waals surface area contributed by atoms with Gasteiger partial charge >= 0.3 is 0 Å². The van der Waals surface area contributed by atoms with Gasteiger partial charge in [0.1, 0.15) is 5.58 Å². The molecule has 2 aliphatic rings. The fourth-order valence-corrected chi connectivity index (χ4v) is 4.12. The molecule has 148 valence electrons. The van der Waals surface area contributed by atoms with Crippen LogP contribution in [0.3, 0.4) is 0 Å². The summed E-state index contributed by atoms with van der Waals surface area (Å²) in [6, 6.07) is 12.4. The normalized spacial score (nSPS) is 16.1. The van der Waals surface area contributed by atoms with Gasteiger partial charge < -0.3 is 13.9 Å². The molecule has 1 N–H and O–H groups in total. The van der Waals surface area contributed by atoms with E-state index in [-0.39, 0.29) is 29.9 Å². The van der Waals surface area contributed by atoms with Gasteiger partial charge in [-0.1, -0.05) is 37.5 Å². The molecule has 1 amide bonds. The summed E-state index contributed by atoms with van der Waals surface area (Å²) in [5.74, 6) is 1.24. The first kappa shape index (κ1) is 17.8. The highest BCUT2D eigenvalue weighted by atomic mass is 16.7. The van der Waals surface area contributed by atoms with Crippen LogP contribution in [0.5, 0.6) is 11.5 Å². The van der Waals surface area contributed by atoms with Gasteiger partial charge in [-0.15, -0.1) is 0 Å². The summed E-state index contributed by atoms with van der Waals surface area (Å²) >= 11 is 0. The summed E-state index contributed by atoms with van der Waals surface area (Å²) in [5, 5.41) is 3.37. The fourth-order valence-electron chi connectivity index (χ4n) is 4.12. The van der Waals surface area contributed by atoms with Crippen LogP contribution < -0.4 is 20.2 Å². The van der Waals surface area contributed by atoms with Crippen LogP contribution in [0.4, 0.5) is 5.88 Å². The highest BCUT2D eigenvalue weighted by Gasteiger charge is 2.25. The van der Waals surface area contributed by atoms with Gasteiger partial charge in [-0.25, -0.2) is 0 Å². The lowest BCUT2D eigenvalue weighted by molar-refractivity contribution is -0.120. The number of rotatable bonds is 3. The third kappa shape index (κ3) is 3.24. The average molecular weight is 391 g/mol. The second-order valence-corrected chi connectivity index (χ2v) is 7.52. The first-order valence-electron chi connectivity index (χ1n) is 9.97. The first-order valence-corrected chi connectivity index (χ1v) is 9.97. The zero-order valence-electron chi connectivity index (χ0n) is 15.9. The topological polar surface area (TPSA) is 77.8 Å². The molecule has 0 unspecified atom stereocenters. The SMILES string of the molecule is O=C(Nc1oc2ccccc2c(=O)c1-c1ccc2c(c1)OCO2)C1CCCCC1. The fraction of sp³-hybridized carbons (Fsp3) is 0.304. The monoisotopic (exact) mass is 391 g/mol. The standard InChI is InChI=1S/C23H21NO5/c25-21-16-8-4-5-9-17(16)29-23(24-22(26)14-6-2-1-3-7-14)20(21)15-10-11-18-19(12-15)28-13-27-18/h4-5,8-12,14H,1-3,6-7,13H2,(H,24,26). The second kappa shape index (κ2) is 7.28. The molecule has 0 spiro atoms. The van der Waals surface area contributed by atoms with Crippen molar-refractivity contribution in [2.75, 3.05) is 12.1 Å². The van der Waals surface area contributed by atoms with Crippen molar-refractivity contribution < 1.29 is 18.7 Å². The van der Waals surface area contributed by atoms with Gasteiger partial charge in [0.05, 0.1) is 10.9 Å². The maximum absolute atomic E-state index is 13.3. The molecule has 1 fully saturated rings. The Hall–Kier alpha value is -3.28. The molecule has 1 aliphatic carbocycles. The highest BCUT2D eigenvalue weighted by Crippen LogP contribution is 2.38. The van der Waals surface area contributed by atoms with Crippen LogP contribution in [0, 0.1) is 5.92 Å². The lowest BCUT2D eigenvalue weighted by atomic mass is 9.88. The molecule has 0 atom stereocenters. The van der Waals surface area contributed by atoms with Crippen LogP contribution in [0.25, 0.3) is 22.1 Å². The van der Waals surface area contributed by atoms with E-state index < -0.39 is 0 Å². The molecule has 6 heteroatoms. The minimum Gasteiger partial charge on any atom is -0.454 e. The number of fused-ring (bicyclic) bond motifs is 2. The molecule has 0 saturated heterocycles. The number of hydrogen-bond donors (Lipinski definition) is 1. The van der Waals surface area contributed by atoms with Crippen LogP contribution in [0.1, 0.15) is 32.1 Å². The number of carbonyl (C=O) groups is 1. The summed E-state index contributed by atoms with van der Waals surface area (Å²) in [6.45, 7) is 0.149. The number of anilines is 1. The summed E-state index contributed by atoms with van der Waals surface area (Å²) in [6.07, 6.45) is 4.99. The van der Waals surface area contributed by atoms with E-state index >= 15 is 0 Å².